The lowest BCUT2D eigenvalue weighted by atomic mass is 9.73. The highest BCUT2D eigenvalue weighted by molar-refractivity contribution is 7.98. The van der Waals surface area contributed by atoms with E-state index in [9.17, 15) is 14.4 Å². The number of rotatable bonds is 9. The van der Waals surface area contributed by atoms with E-state index < -0.39 is 29.6 Å². The number of nitrogens with zero attached hydrogens (tertiary/aromatic N) is 2. The van der Waals surface area contributed by atoms with Crippen LogP contribution in [0.5, 0.6) is 0 Å². The largest absolute Gasteiger partial charge is 0.359 e. The third-order valence-electron chi connectivity index (χ3n) is 11.1. The van der Waals surface area contributed by atoms with Gasteiger partial charge in [-0.1, -0.05) is 58.3 Å². The number of halogens is 1. The fraction of sp³-hybridized carbons (Fsp3) is 0.676. The van der Waals surface area contributed by atoms with Crippen molar-refractivity contribution in [1.82, 2.24) is 15.1 Å². The molecule has 6 rings (SSSR count). The Morgan fingerprint density at radius 2 is 1.91 bits per heavy atom. The van der Waals surface area contributed by atoms with E-state index in [2.05, 4.69) is 36.3 Å². The van der Waals surface area contributed by atoms with Crippen molar-refractivity contribution >= 4 is 47.6 Å². The highest BCUT2D eigenvalue weighted by atomic mass is 35.5. The van der Waals surface area contributed by atoms with Gasteiger partial charge in [0.1, 0.15) is 11.6 Å². The van der Waals surface area contributed by atoms with Gasteiger partial charge in [-0.2, -0.15) is 0 Å². The first kappa shape index (κ1) is 33.3. The van der Waals surface area contributed by atoms with Gasteiger partial charge in [0.05, 0.1) is 17.9 Å². The molecule has 7 unspecified atom stereocenters. The van der Waals surface area contributed by atoms with E-state index >= 15 is 0 Å². The highest BCUT2D eigenvalue weighted by Crippen LogP contribution is 2.55. The summed E-state index contributed by atoms with van der Waals surface area (Å²) in [5, 5.41) is 6.43. The lowest BCUT2D eigenvalue weighted by Crippen LogP contribution is -2.58. The van der Waals surface area contributed by atoms with Gasteiger partial charge < -0.3 is 20.3 Å². The van der Waals surface area contributed by atoms with Crippen LogP contribution in [0.4, 0.5) is 5.69 Å². The van der Waals surface area contributed by atoms with E-state index in [1.165, 1.54) is 19.3 Å². The van der Waals surface area contributed by atoms with E-state index in [4.69, 9.17) is 4.74 Å². The second-order valence-electron chi connectivity index (χ2n) is 13.4. The molecule has 3 saturated heterocycles. The molecule has 1 spiro atoms. The number of hydrogen-bond donors (Lipinski definition) is 2. The van der Waals surface area contributed by atoms with Crippen LogP contribution in [0, 0.1) is 23.7 Å². The predicted molar refractivity (Wildman–Crippen MR) is 177 cm³/mol. The maximum absolute atomic E-state index is 14.4. The minimum Gasteiger partial charge on any atom is -0.359 e. The highest BCUT2D eigenvalue weighted by Gasteiger charge is 2.72. The summed E-state index contributed by atoms with van der Waals surface area (Å²) in [6.45, 7) is 8.90. The number of likely N-dealkylation sites (tertiary alicyclic amines) is 2. The van der Waals surface area contributed by atoms with Crippen LogP contribution in [0.2, 0.25) is 0 Å². The smallest absolute Gasteiger partial charge is 0.246 e. The number of benzene rings is 1. The van der Waals surface area contributed by atoms with Gasteiger partial charge in [-0.05, 0) is 68.5 Å². The molecule has 1 aromatic rings. The van der Waals surface area contributed by atoms with Crippen molar-refractivity contribution in [3.63, 3.8) is 0 Å². The summed E-state index contributed by atoms with van der Waals surface area (Å²) >= 11 is 1.61. The SMILES string of the molecule is CCC1CCCCN1CCN1C(=O)[C@@H]2C(C(=O)Nc3cccc(SC)c3)[C@@H]3C=CC2(O3)C1C(=O)NC1CCCC(C)C1C.Cl. The van der Waals surface area contributed by atoms with E-state index in [0.717, 1.165) is 43.7 Å². The van der Waals surface area contributed by atoms with Crippen molar-refractivity contribution in [2.24, 2.45) is 23.7 Å². The predicted octanol–water partition coefficient (Wildman–Crippen LogP) is 5.12. The third kappa shape index (κ3) is 5.94. The fourth-order valence-electron chi connectivity index (χ4n) is 8.53. The molecule has 0 radical (unpaired) electrons. The van der Waals surface area contributed by atoms with Gasteiger partial charge in [0, 0.05) is 35.8 Å². The molecule has 1 saturated carbocycles. The quantitative estimate of drug-likeness (QED) is 0.286. The van der Waals surface area contributed by atoms with Crippen LogP contribution in [0.15, 0.2) is 41.3 Å². The second-order valence-corrected chi connectivity index (χ2v) is 14.3. The topological polar surface area (TPSA) is 91.0 Å². The van der Waals surface area contributed by atoms with Crippen molar-refractivity contribution in [1.29, 1.82) is 0 Å². The lowest BCUT2D eigenvalue weighted by Gasteiger charge is -2.39. The van der Waals surface area contributed by atoms with E-state index in [1.807, 2.05) is 42.7 Å². The molecule has 0 aromatic heterocycles. The number of piperidine rings is 1. The van der Waals surface area contributed by atoms with Crippen LogP contribution >= 0.6 is 24.2 Å². The molecule has 3 amide bonds. The Kier molecular flexibility index (Phi) is 10.4. The number of hydrogen-bond acceptors (Lipinski definition) is 6. The third-order valence-corrected chi connectivity index (χ3v) is 11.9. The maximum Gasteiger partial charge on any atom is 0.246 e. The summed E-state index contributed by atoms with van der Waals surface area (Å²) in [5.41, 5.74) is -0.435. The summed E-state index contributed by atoms with van der Waals surface area (Å²) in [4.78, 5) is 47.9. The molecule has 8 nitrogen and oxygen atoms in total. The zero-order chi connectivity index (χ0) is 30.3. The number of anilines is 1. The van der Waals surface area contributed by atoms with Crippen LogP contribution in [-0.4, -0.2) is 83.2 Å². The summed E-state index contributed by atoms with van der Waals surface area (Å²) in [5.74, 6) is -1.04. The fourth-order valence-corrected chi connectivity index (χ4v) is 8.99. The van der Waals surface area contributed by atoms with Crippen molar-refractivity contribution in [3.05, 3.63) is 36.4 Å². The number of amides is 3. The van der Waals surface area contributed by atoms with Crippen molar-refractivity contribution in [3.8, 4) is 0 Å². The Morgan fingerprint density at radius 3 is 2.68 bits per heavy atom. The average Bonchev–Trinajstić information content (AvgIpc) is 3.65. The number of thioether (sulfide) groups is 1. The zero-order valence-corrected chi connectivity index (χ0v) is 28.1. The summed E-state index contributed by atoms with van der Waals surface area (Å²) in [6, 6.07) is 7.50. The average molecular weight is 645 g/mol. The first-order valence-corrected chi connectivity index (χ1v) is 17.7. The van der Waals surface area contributed by atoms with Crippen molar-refractivity contribution in [2.75, 3.05) is 31.2 Å². The molecule has 242 valence electrons. The van der Waals surface area contributed by atoms with Crippen molar-refractivity contribution < 1.29 is 19.1 Å². The van der Waals surface area contributed by atoms with Crippen LogP contribution in [0.25, 0.3) is 0 Å². The van der Waals surface area contributed by atoms with Crippen LogP contribution < -0.4 is 10.6 Å². The van der Waals surface area contributed by atoms with Gasteiger partial charge in [0.25, 0.3) is 0 Å². The van der Waals surface area contributed by atoms with Gasteiger partial charge in [0.2, 0.25) is 17.7 Å². The molecule has 9 atom stereocenters. The van der Waals surface area contributed by atoms with Gasteiger partial charge >= 0.3 is 0 Å². The maximum atomic E-state index is 14.4. The van der Waals surface area contributed by atoms with Crippen molar-refractivity contribution in [2.45, 2.75) is 100 Å². The Morgan fingerprint density at radius 1 is 1.09 bits per heavy atom. The van der Waals surface area contributed by atoms with E-state index in [-0.39, 0.29) is 36.2 Å². The lowest BCUT2D eigenvalue weighted by molar-refractivity contribution is -0.142. The molecule has 44 heavy (non-hydrogen) atoms. The molecule has 1 aromatic carbocycles. The summed E-state index contributed by atoms with van der Waals surface area (Å²) in [6.07, 6.45) is 13.1. The number of carbonyl (C=O) groups excluding carboxylic acids is 3. The van der Waals surface area contributed by atoms with Gasteiger partial charge in [-0.15, -0.1) is 24.2 Å². The Hall–Kier alpha value is -2.07. The first-order chi connectivity index (χ1) is 20.8. The molecule has 10 heteroatoms. The number of carbonyl (C=O) groups is 3. The van der Waals surface area contributed by atoms with E-state index in [0.29, 0.717) is 30.1 Å². The molecular formula is C34H49ClN4O4S. The molecular weight excluding hydrogens is 596 g/mol. The summed E-state index contributed by atoms with van der Waals surface area (Å²) < 4.78 is 6.59. The van der Waals surface area contributed by atoms with Gasteiger partial charge in [-0.3, -0.25) is 19.3 Å². The second kappa shape index (κ2) is 13.7. The number of ether oxygens (including phenoxy) is 1. The van der Waals surface area contributed by atoms with Crippen LogP contribution in [-0.2, 0) is 19.1 Å². The Labute approximate surface area is 272 Å². The first-order valence-electron chi connectivity index (χ1n) is 16.4. The molecule has 2 bridgehead atoms. The minimum atomic E-state index is -1.13. The molecule has 4 aliphatic heterocycles. The number of fused-ring (bicyclic) bond motifs is 1. The normalized spacial score (nSPS) is 36.2. The Balaban J connectivity index is 0.00000384. The van der Waals surface area contributed by atoms with Crippen LogP contribution in [0.3, 0.4) is 0 Å². The Bertz CT molecular complexity index is 1260. The molecule has 4 heterocycles. The minimum absolute atomic E-state index is 0. The van der Waals surface area contributed by atoms with Crippen LogP contribution in [0.1, 0.15) is 65.7 Å². The molecule has 2 N–H and O–H groups in total. The zero-order valence-electron chi connectivity index (χ0n) is 26.5. The van der Waals surface area contributed by atoms with E-state index in [1.54, 1.807) is 16.7 Å². The molecule has 1 aliphatic carbocycles. The molecule has 4 fully saturated rings. The standard InChI is InChI=1S/C34H48N4O4S.ClH/c1-5-24-12-6-7-17-37(24)18-19-38-30(32(40)36-26-14-8-10-21(2)22(26)3)34-16-15-27(42-34)28(29(34)33(38)41)31(39)35-23-11-9-13-25(20-23)43-4;/h9,11,13,15-16,20-22,24,26-30H,5-8,10,12,14,17-19H2,1-4H3,(H,35,39)(H,36,40);1H/t21?,22?,24?,26?,27-,28?,29-,30?,34?;/m0./s1. The molecule has 5 aliphatic rings. The summed E-state index contributed by atoms with van der Waals surface area (Å²) in [7, 11) is 0. The number of nitrogens with one attached hydrogen (secondary N) is 2. The van der Waals surface area contributed by atoms with Gasteiger partial charge in [-0.25, -0.2) is 0 Å². The van der Waals surface area contributed by atoms with Gasteiger partial charge in [0.15, 0.2) is 0 Å². The monoisotopic (exact) mass is 644 g/mol.